The molecule has 0 saturated heterocycles. The molecule has 0 atom stereocenters. The van der Waals surface area contributed by atoms with Gasteiger partial charge < -0.3 is 4.74 Å². The van der Waals surface area contributed by atoms with E-state index in [0.717, 1.165) is 4.47 Å². The molecule has 0 saturated carbocycles. The van der Waals surface area contributed by atoms with E-state index in [1.54, 1.807) is 36.7 Å². The molecule has 2 heterocycles. The molecular formula is C11H6BrN3O. The van der Waals surface area contributed by atoms with Gasteiger partial charge in [-0.05, 0) is 28.1 Å². The van der Waals surface area contributed by atoms with Gasteiger partial charge in [0, 0.05) is 16.7 Å². The fourth-order valence-electron chi connectivity index (χ4n) is 1.10. The van der Waals surface area contributed by atoms with E-state index < -0.39 is 0 Å². The van der Waals surface area contributed by atoms with E-state index in [0.29, 0.717) is 17.3 Å². The lowest BCUT2D eigenvalue weighted by Gasteiger charge is -2.03. The Balaban J connectivity index is 2.24. The molecule has 0 aliphatic heterocycles. The number of hydrogen-bond acceptors (Lipinski definition) is 4. The second-order valence-electron chi connectivity index (χ2n) is 2.91. The zero-order valence-corrected chi connectivity index (χ0v) is 9.68. The van der Waals surface area contributed by atoms with Gasteiger partial charge in [-0.15, -0.1) is 0 Å². The van der Waals surface area contributed by atoms with Crippen molar-refractivity contribution in [2.45, 2.75) is 0 Å². The van der Waals surface area contributed by atoms with Crippen LogP contribution in [-0.2, 0) is 0 Å². The van der Waals surface area contributed by atoms with E-state index in [1.165, 1.54) is 0 Å². The minimum absolute atomic E-state index is 0.320. The SMILES string of the molecule is N#Cc1cccc(Oc2cncc(Br)c2)n1. The van der Waals surface area contributed by atoms with Gasteiger partial charge in [-0.25, -0.2) is 4.98 Å². The smallest absolute Gasteiger partial charge is 0.220 e. The molecule has 0 aliphatic rings. The van der Waals surface area contributed by atoms with Gasteiger partial charge in [0.1, 0.15) is 17.5 Å². The van der Waals surface area contributed by atoms with Gasteiger partial charge in [-0.3, -0.25) is 4.98 Å². The Morgan fingerprint density at radius 2 is 2.19 bits per heavy atom. The predicted octanol–water partition coefficient (Wildman–Crippen LogP) is 2.90. The first-order valence-electron chi connectivity index (χ1n) is 4.43. The molecule has 2 aromatic rings. The third kappa shape index (κ3) is 2.55. The quantitative estimate of drug-likeness (QED) is 0.846. The minimum Gasteiger partial charge on any atom is -0.437 e. The molecule has 0 bridgehead atoms. The normalized spacial score (nSPS) is 9.50. The van der Waals surface area contributed by atoms with Crippen LogP contribution in [0.1, 0.15) is 5.69 Å². The second-order valence-corrected chi connectivity index (χ2v) is 3.83. The van der Waals surface area contributed by atoms with Crippen molar-refractivity contribution in [2.75, 3.05) is 0 Å². The van der Waals surface area contributed by atoms with E-state index in [-0.39, 0.29) is 0 Å². The van der Waals surface area contributed by atoms with E-state index in [1.807, 2.05) is 6.07 Å². The van der Waals surface area contributed by atoms with Crippen molar-refractivity contribution in [2.24, 2.45) is 0 Å². The largest absolute Gasteiger partial charge is 0.437 e. The molecular weight excluding hydrogens is 270 g/mol. The molecule has 0 amide bonds. The summed E-state index contributed by atoms with van der Waals surface area (Å²) in [7, 11) is 0. The molecule has 0 fully saturated rings. The molecule has 5 heteroatoms. The number of rotatable bonds is 2. The summed E-state index contributed by atoms with van der Waals surface area (Å²) in [5, 5.41) is 8.68. The summed E-state index contributed by atoms with van der Waals surface area (Å²) in [6.07, 6.45) is 3.23. The highest BCUT2D eigenvalue weighted by Crippen LogP contribution is 2.21. The topological polar surface area (TPSA) is 58.8 Å². The predicted molar refractivity (Wildman–Crippen MR) is 61.0 cm³/mol. The Morgan fingerprint density at radius 3 is 2.94 bits per heavy atom. The van der Waals surface area contributed by atoms with E-state index in [2.05, 4.69) is 25.9 Å². The highest BCUT2D eigenvalue weighted by Gasteiger charge is 2.00. The molecule has 0 unspecified atom stereocenters. The van der Waals surface area contributed by atoms with Gasteiger partial charge in [0.15, 0.2) is 0 Å². The molecule has 0 radical (unpaired) electrons. The van der Waals surface area contributed by atoms with Crippen molar-refractivity contribution in [1.29, 1.82) is 5.26 Å². The van der Waals surface area contributed by atoms with Gasteiger partial charge in [-0.1, -0.05) is 6.07 Å². The summed E-state index contributed by atoms with van der Waals surface area (Å²) in [5.74, 6) is 0.941. The average molecular weight is 276 g/mol. The Labute approximate surface area is 101 Å². The van der Waals surface area contributed by atoms with Crippen molar-refractivity contribution in [1.82, 2.24) is 9.97 Å². The maximum atomic E-state index is 8.68. The van der Waals surface area contributed by atoms with Crippen LogP contribution in [0.25, 0.3) is 0 Å². The van der Waals surface area contributed by atoms with Crippen molar-refractivity contribution in [3.63, 3.8) is 0 Å². The van der Waals surface area contributed by atoms with Crippen molar-refractivity contribution < 1.29 is 4.74 Å². The molecule has 2 aromatic heterocycles. The summed E-state index contributed by atoms with van der Waals surface area (Å²) in [6.45, 7) is 0. The molecule has 2 rings (SSSR count). The fraction of sp³-hybridized carbons (Fsp3) is 0. The maximum absolute atomic E-state index is 8.68. The van der Waals surface area contributed by atoms with Gasteiger partial charge in [0.05, 0.1) is 6.20 Å². The zero-order chi connectivity index (χ0) is 11.4. The number of hydrogen-bond donors (Lipinski definition) is 0. The molecule has 78 valence electrons. The first-order chi connectivity index (χ1) is 7.78. The van der Waals surface area contributed by atoms with E-state index >= 15 is 0 Å². The summed E-state index contributed by atoms with van der Waals surface area (Å²) in [4.78, 5) is 7.95. The minimum atomic E-state index is 0.320. The zero-order valence-electron chi connectivity index (χ0n) is 8.09. The first-order valence-corrected chi connectivity index (χ1v) is 5.23. The lowest BCUT2D eigenvalue weighted by molar-refractivity contribution is 0.460. The number of nitriles is 1. The standard InChI is InChI=1S/C11H6BrN3O/c12-8-4-10(7-14-6-8)16-11-3-1-2-9(5-13)15-11/h1-4,6-7H. The number of ether oxygens (including phenoxy) is 1. The Kier molecular flexibility index (Phi) is 3.13. The van der Waals surface area contributed by atoms with Crippen LogP contribution in [0.3, 0.4) is 0 Å². The highest BCUT2D eigenvalue weighted by atomic mass is 79.9. The second kappa shape index (κ2) is 4.73. The number of halogens is 1. The van der Waals surface area contributed by atoms with Crippen LogP contribution < -0.4 is 4.74 Å². The van der Waals surface area contributed by atoms with Crippen LogP contribution in [0.4, 0.5) is 0 Å². The van der Waals surface area contributed by atoms with E-state index in [4.69, 9.17) is 10.00 Å². The monoisotopic (exact) mass is 275 g/mol. The fourth-order valence-corrected chi connectivity index (χ4v) is 1.45. The molecule has 0 N–H and O–H groups in total. The van der Waals surface area contributed by atoms with Crippen LogP contribution in [0.2, 0.25) is 0 Å². The van der Waals surface area contributed by atoms with Crippen molar-refractivity contribution in [3.05, 3.63) is 46.8 Å². The van der Waals surface area contributed by atoms with Crippen molar-refractivity contribution in [3.8, 4) is 17.7 Å². The third-order valence-electron chi connectivity index (χ3n) is 1.74. The van der Waals surface area contributed by atoms with Crippen LogP contribution in [0.15, 0.2) is 41.1 Å². The van der Waals surface area contributed by atoms with Crippen molar-refractivity contribution >= 4 is 15.9 Å². The first kappa shape index (κ1) is 10.6. The third-order valence-corrected chi connectivity index (χ3v) is 2.17. The summed E-state index contributed by atoms with van der Waals surface area (Å²) >= 11 is 3.29. The molecule has 0 aromatic carbocycles. The average Bonchev–Trinajstić information content (AvgIpc) is 2.29. The van der Waals surface area contributed by atoms with Crippen LogP contribution in [0, 0.1) is 11.3 Å². The molecule has 16 heavy (non-hydrogen) atoms. The summed E-state index contributed by atoms with van der Waals surface area (Å²) in [5.41, 5.74) is 0.320. The van der Waals surface area contributed by atoms with Gasteiger partial charge >= 0.3 is 0 Å². The van der Waals surface area contributed by atoms with Crippen LogP contribution in [-0.4, -0.2) is 9.97 Å². The lowest BCUT2D eigenvalue weighted by Crippen LogP contribution is -1.90. The van der Waals surface area contributed by atoms with Gasteiger partial charge in [-0.2, -0.15) is 5.26 Å². The molecule has 0 aliphatic carbocycles. The number of aromatic nitrogens is 2. The summed E-state index contributed by atoms with van der Waals surface area (Å²) < 4.78 is 6.27. The van der Waals surface area contributed by atoms with Crippen LogP contribution >= 0.6 is 15.9 Å². The summed E-state index contributed by atoms with van der Waals surface area (Å²) in [6, 6.07) is 8.73. The van der Waals surface area contributed by atoms with Gasteiger partial charge in [0.2, 0.25) is 5.88 Å². The van der Waals surface area contributed by atoms with Crippen LogP contribution in [0.5, 0.6) is 11.6 Å². The Bertz CT molecular complexity index is 551. The highest BCUT2D eigenvalue weighted by molar-refractivity contribution is 9.10. The Hall–Kier alpha value is -1.93. The maximum Gasteiger partial charge on any atom is 0.220 e. The lowest BCUT2D eigenvalue weighted by atomic mass is 10.4. The number of nitrogens with zero attached hydrogens (tertiary/aromatic N) is 3. The van der Waals surface area contributed by atoms with E-state index in [9.17, 15) is 0 Å². The number of pyridine rings is 2. The van der Waals surface area contributed by atoms with Gasteiger partial charge in [0.25, 0.3) is 0 Å². The Morgan fingerprint density at radius 1 is 1.31 bits per heavy atom. The molecule has 4 nitrogen and oxygen atoms in total. The molecule has 0 spiro atoms.